The van der Waals surface area contributed by atoms with Gasteiger partial charge in [0.1, 0.15) is 23.0 Å². The molecular formula is C22H18O6. The van der Waals surface area contributed by atoms with Crippen LogP contribution in [0, 0.1) is 13.8 Å². The van der Waals surface area contributed by atoms with E-state index in [1.54, 1.807) is 62.4 Å². The van der Waals surface area contributed by atoms with Crippen LogP contribution >= 0.6 is 0 Å². The number of rotatable bonds is 6. The first-order valence-electron chi connectivity index (χ1n) is 8.47. The van der Waals surface area contributed by atoms with E-state index < -0.39 is 11.9 Å². The lowest BCUT2D eigenvalue weighted by Gasteiger charge is -2.10. The van der Waals surface area contributed by atoms with Crippen molar-refractivity contribution in [2.24, 2.45) is 0 Å². The highest BCUT2D eigenvalue weighted by molar-refractivity contribution is 5.90. The Morgan fingerprint density at radius 1 is 0.607 bits per heavy atom. The normalized spacial score (nSPS) is 10.4. The van der Waals surface area contributed by atoms with Crippen LogP contribution in [0.25, 0.3) is 0 Å². The molecule has 6 nitrogen and oxygen atoms in total. The minimum atomic E-state index is -0.975. The summed E-state index contributed by atoms with van der Waals surface area (Å²) >= 11 is 0. The second-order valence-electron chi connectivity index (χ2n) is 6.24. The second kappa shape index (κ2) is 7.84. The van der Waals surface area contributed by atoms with Gasteiger partial charge in [0.2, 0.25) is 0 Å². The van der Waals surface area contributed by atoms with E-state index in [4.69, 9.17) is 19.7 Å². The Labute approximate surface area is 161 Å². The van der Waals surface area contributed by atoms with Crippen molar-refractivity contribution in [2.75, 3.05) is 0 Å². The van der Waals surface area contributed by atoms with Gasteiger partial charge in [-0.1, -0.05) is 0 Å². The third-order valence-electron chi connectivity index (χ3n) is 4.15. The van der Waals surface area contributed by atoms with Gasteiger partial charge >= 0.3 is 11.9 Å². The highest BCUT2D eigenvalue weighted by atomic mass is 16.5. The van der Waals surface area contributed by atoms with E-state index in [2.05, 4.69) is 0 Å². The molecule has 0 aliphatic rings. The summed E-state index contributed by atoms with van der Waals surface area (Å²) in [7, 11) is 0. The maximum atomic E-state index is 11.1. The van der Waals surface area contributed by atoms with Crippen molar-refractivity contribution < 1.29 is 29.3 Å². The van der Waals surface area contributed by atoms with Crippen molar-refractivity contribution in [3.05, 3.63) is 82.9 Å². The summed E-state index contributed by atoms with van der Waals surface area (Å²) in [4.78, 5) is 22.1. The molecule has 3 aromatic rings. The first kappa shape index (κ1) is 19.0. The van der Waals surface area contributed by atoms with E-state index in [1.807, 2.05) is 0 Å². The Morgan fingerprint density at radius 3 is 1.21 bits per heavy atom. The van der Waals surface area contributed by atoms with Crippen LogP contribution in [0.15, 0.2) is 60.7 Å². The molecule has 0 heterocycles. The highest BCUT2D eigenvalue weighted by Gasteiger charge is 2.10. The molecule has 6 heteroatoms. The number of carboxylic acid groups (broad SMARTS) is 2. The van der Waals surface area contributed by atoms with Crippen LogP contribution < -0.4 is 9.47 Å². The number of aromatic carboxylic acids is 2. The lowest BCUT2D eigenvalue weighted by molar-refractivity contribution is 0.0685. The molecule has 0 bridgehead atoms. The van der Waals surface area contributed by atoms with Crippen LogP contribution in [0.5, 0.6) is 23.0 Å². The van der Waals surface area contributed by atoms with Gasteiger partial charge in [-0.3, -0.25) is 0 Å². The van der Waals surface area contributed by atoms with E-state index in [9.17, 15) is 9.59 Å². The molecule has 3 rings (SSSR count). The number of ether oxygens (including phenoxy) is 2. The molecule has 0 amide bonds. The predicted molar refractivity (Wildman–Crippen MR) is 103 cm³/mol. The number of carboxylic acids is 2. The number of carbonyl (C=O) groups is 2. The molecule has 0 spiro atoms. The molecular weight excluding hydrogens is 360 g/mol. The van der Waals surface area contributed by atoms with E-state index >= 15 is 0 Å². The fourth-order valence-electron chi connectivity index (χ4n) is 2.73. The van der Waals surface area contributed by atoms with Crippen molar-refractivity contribution in [1.82, 2.24) is 0 Å². The van der Waals surface area contributed by atoms with Crippen LogP contribution in [0.4, 0.5) is 0 Å². The monoisotopic (exact) mass is 378 g/mol. The molecule has 0 saturated heterocycles. The molecule has 0 unspecified atom stereocenters. The van der Waals surface area contributed by atoms with Crippen molar-refractivity contribution in [3.63, 3.8) is 0 Å². The summed E-state index contributed by atoms with van der Waals surface area (Å²) in [6.07, 6.45) is 0. The fourth-order valence-corrected chi connectivity index (χ4v) is 2.73. The quantitative estimate of drug-likeness (QED) is 0.606. The topological polar surface area (TPSA) is 93.1 Å². The molecule has 3 aromatic carbocycles. The van der Waals surface area contributed by atoms with Crippen LogP contribution in [0.2, 0.25) is 0 Å². The molecule has 0 saturated carbocycles. The second-order valence-corrected chi connectivity index (χ2v) is 6.24. The Bertz CT molecular complexity index is 953. The zero-order valence-corrected chi connectivity index (χ0v) is 15.3. The van der Waals surface area contributed by atoms with Crippen LogP contribution in [0.1, 0.15) is 31.8 Å². The first-order valence-corrected chi connectivity index (χ1v) is 8.47. The van der Waals surface area contributed by atoms with Gasteiger partial charge in [-0.05, 0) is 85.6 Å². The fraction of sp³-hybridized carbons (Fsp3) is 0.0909. The molecule has 0 aliphatic carbocycles. The minimum absolute atomic E-state index is 0.236. The maximum Gasteiger partial charge on any atom is 0.335 e. The van der Waals surface area contributed by atoms with Gasteiger partial charge in [0.05, 0.1) is 11.1 Å². The summed E-state index contributed by atoms with van der Waals surface area (Å²) in [6.45, 7) is 3.43. The number of hydrogen-bond acceptors (Lipinski definition) is 4. The van der Waals surface area contributed by atoms with Crippen molar-refractivity contribution in [3.8, 4) is 23.0 Å². The average Bonchev–Trinajstić information content (AvgIpc) is 2.63. The van der Waals surface area contributed by atoms with Crippen LogP contribution in [0.3, 0.4) is 0 Å². The number of benzene rings is 3. The Balaban J connectivity index is 1.70. The zero-order valence-electron chi connectivity index (χ0n) is 15.3. The summed E-state index contributed by atoms with van der Waals surface area (Å²) in [5, 5.41) is 18.1. The van der Waals surface area contributed by atoms with E-state index in [0.717, 1.165) is 0 Å². The largest absolute Gasteiger partial charge is 0.478 e. The average molecular weight is 378 g/mol. The molecule has 2 N–H and O–H groups in total. The Morgan fingerprint density at radius 2 is 0.929 bits per heavy atom. The van der Waals surface area contributed by atoms with Crippen LogP contribution in [-0.4, -0.2) is 22.2 Å². The number of hydrogen-bond donors (Lipinski definition) is 2. The highest BCUT2D eigenvalue weighted by Crippen LogP contribution is 2.28. The molecule has 0 aromatic heterocycles. The SMILES string of the molecule is Cc1cc(Oc2ccc(Oc3ccc(C(=O)O)c(C)c3)cc2)ccc1C(=O)O. The summed E-state index contributed by atoms with van der Waals surface area (Å²) in [5.74, 6) is 0.279. The van der Waals surface area contributed by atoms with E-state index in [0.29, 0.717) is 34.1 Å². The number of aryl methyl sites for hydroxylation is 2. The summed E-state index contributed by atoms with van der Waals surface area (Å²) < 4.78 is 11.5. The Hall–Kier alpha value is -3.80. The minimum Gasteiger partial charge on any atom is -0.478 e. The van der Waals surface area contributed by atoms with Gasteiger partial charge < -0.3 is 19.7 Å². The van der Waals surface area contributed by atoms with Gasteiger partial charge in [0.15, 0.2) is 0 Å². The van der Waals surface area contributed by atoms with Crippen LogP contribution in [-0.2, 0) is 0 Å². The van der Waals surface area contributed by atoms with Gasteiger partial charge in [-0.25, -0.2) is 9.59 Å². The maximum absolute atomic E-state index is 11.1. The molecule has 0 atom stereocenters. The van der Waals surface area contributed by atoms with Gasteiger partial charge in [0.25, 0.3) is 0 Å². The predicted octanol–water partition coefficient (Wildman–Crippen LogP) is 5.28. The van der Waals surface area contributed by atoms with Crippen molar-refractivity contribution in [1.29, 1.82) is 0 Å². The Kier molecular flexibility index (Phi) is 5.31. The molecule has 0 fully saturated rings. The van der Waals surface area contributed by atoms with Crippen molar-refractivity contribution >= 4 is 11.9 Å². The zero-order chi connectivity index (χ0) is 20.3. The summed E-state index contributed by atoms with van der Waals surface area (Å²) in [6, 6.07) is 16.5. The van der Waals surface area contributed by atoms with Crippen molar-refractivity contribution in [2.45, 2.75) is 13.8 Å². The van der Waals surface area contributed by atoms with Gasteiger partial charge in [0, 0.05) is 0 Å². The molecule has 28 heavy (non-hydrogen) atoms. The molecule has 142 valence electrons. The van der Waals surface area contributed by atoms with E-state index in [-0.39, 0.29) is 11.1 Å². The molecule has 0 aliphatic heterocycles. The lowest BCUT2D eigenvalue weighted by atomic mass is 10.1. The molecule has 0 radical (unpaired) electrons. The summed E-state index contributed by atoms with van der Waals surface area (Å²) in [5.41, 5.74) is 1.70. The smallest absolute Gasteiger partial charge is 0.335 e. The third-order valence-corrected chi connectivity index (χ3v) is 4.15. The van der Waals surface area contributed by atoms with Gasteiger partial charge in [-0.2, -0.15) is 0 Å². The van der Waals surface area contributed by atoms with Gasteiger partial charge in [-0.15, -0.1) is 0 Å². The standard InChI is InChI=1S/C22H18O6/c1-13-11-17(7-9-19(13)21(23)24)27-15-3-5-16(6-4-15)28-18-8-10-20(22(25)26)14(2)12-18/h3-12H,1-2H3,(H,23,24)(H,25,26). The van der Waals surface area contributed by atoms with E-state index in [1.165, 1.54) is 12.1 Å². The lowest BCUT2D eigenvalue weighted by Crippen LogP contribution is -1.99. The first-order chi connectivity index (χ1) is 13.3. The third kappa shape index (κ3) is 4.29.